The first kappa shape index (κ1) is 11.9. The summed E-state index contributed by atoms with van der Waals surface area (Å²) in [7, 11) is 0. The van der Waals surface area contributed by atoms with Gasteiger partial charge in [0.25, 0.3) is 0 Å². The van der Waals surface area contributed by atoms with E-state index >= 15 is 0 Å². The molecule has 0 saturated heterocycles. The lowest BCUT2D eigenvalue weighted by atomic mass is 10.2. The summed E-state index contributed by atoms with van der Waals surface area (Å²) in [6.45, 7) is 0. The van der Waals surface area contributed by atoms with Crippen molar-refractivity contribution in [1.29, 1.82) is 0 Å². The maximum atomic E-state index is 5.35. The summed E-state index contributed by atoms with van der Waals surface area (Å²) in [6.07, 6.45) is 3.58. The fourth-order valence-corrected chi connectivity index (χ4v) is 3.07. The zero-order valence-electron chi connectivity index (χ0n) is 10.2. The van der Waals surface area contributed by atoms with Gasteiger partial charge in [0.1, 0.15) is 0 Å². The van der Waals surface area contributed by atoms with Crippen LogP contribution in [-0.2, 0) is 0 Å². The molecule has 3 heterocycles. The highest BCUT2D eigenvalue weighted by molar-refractivity contribution is 9.10. The Kier molecular flexibility index (Phi) is 2.71. The van der Waals surface area contributed by atoms with Crippen molar-refractivity contribution in [3.63, 3.8) is 0 Å². The molecule has 4 aromatic rings. The first-order valence-corrected chi connectivity index (χ1v) is 7.56. The third kappa shape index (κ3) is 1.97. The molecule has 1 aromatic carbocycles. The highest BCUT2D eigenvalue weighted by Crippen LogP contribution is 2.28. The van der Waals surface area contributed by atoms with Crippen LogP contribution in [0.15, 0.2) is 57.7 Å². The van der Waals surface area contributed by atoms with Gasteiger partial charge in [0.05, 0.1) is 18.2 Å². The number of rotatable bonds is 2. The molecule has 0 unspecified atom stereocenters. The first-order valence-electron chi connectivity index (χ1n) is 5.96. The van der Waals surface area contributed by atoms with Crippen molar-refractivity contribution in [2.75, 3.05) is 0 Å². The van der Waals surface area contributed by atoms with E-state index in [1.807, 2.05) is 42.6 Å². The van der Waals surface area contributed by atoms with Gasteiger partial charge in [0, 0.05) is 10.0 Å². The Morgan fingerprint density at radius 2 is 2.00 bits per heavy atom. The summed E-state index contributed by atoms with van der Waals surface area (Å²) in [5, 5.41) is 5.32. The Balaban J connectivity index is 1.77. The second-order valence-electron chi connectivity index (χ2n) is 4.24. The Morgan fingerprint density at radius 1 is 1.15 bits per heavy atom. The van der Waals surface area contributed by atoms with Gasteiger partial charge >= 0.3 is 0 Å². The van der Waals surface area contributed by atoms with Gasteiger partial charge in [-0.3, -0.25) is 0 Å². The molecule has 0 spiro atoms. The molecular formula is C14H8BrN3OS. The molecule has 0 aliphatic rings. The largest absolute Gasteiger partial charge is 0.462 e. The number of halogens is 1. The molecule has 6 heteroatoms. The minimum atomic E-state index is 0.769. The Morgan fingerprint density at radius 3 is 2.70 bits per heavy atom. The number of nitrogens with zero attached hydrogens (tertiary/aromatic N) is 3. The minimum Gasteiger partial charge on any atom is -0.462 e. The van der Waals surface area contributed by atoms with Crippen molar-refractivity contribution in [3.05, 3.63) is 53.3 Å². The van der Waals surface area contributed by atoms with Crippen LogP contribution < -0.4 is 0 Å². The average Bonchev–Trinajstić information content (AvgIpc) is 3.14. The third-order valence-corrected chi connectivity index (χ3v) is 4.38. The highest BCUT2D eigenvalue weighted by Gasteiger charge is 2.12. The number of aromatic nitrogens is 3. The zero-order valence-corrected chi connectivity index (χ0v) is 12.6. The standard InChI is InChI=1S/C14H8BrN3OS/c15-10-5-3-9(4-6-10)11-8-18-14(16-11)20-13(17-18)12-2-1-7-19-12/h1-8H. The molecule has 0 atom stereocenters. The van der Waals surface area contributed by atoms with Gasteiger partial charge in [0.15, 0.2) is 10.8 Å². The predicted molar refractivity (Wildman–Crippen MR) is 81.7 cm³/mol. The fourth-order valence-electron chi connectivity index (χ4n) is 1.96. The third-order valence-electron chi connectivity index (χ3n) is 2.92. The topological polar surface area (TPSA) is 43.3 Å². The first-order chi connectivity index (χ1) is 9.79. The molecule has 0 aliphatic carbocycles. The quantitative estimate of drug-likeness (QED) is 0.537. The fraction of sp³-hybridized carbons (Fsp3) is 0. The van der Waals surface area contributed by atoms with E-state index in [9.17, 15) is 0 Å². The monoisotopic (exact) mass is 345 g/mol. The van der Waals surface area contributed by atoms with Crippen molar-refractivity contribution in [1.82, 2.24) is 14.6 Å². The van der Waals surface area contributed by atoms with E-state index < -0.39 is 0 Å². The van der Waals surface area contributed by atoms with Crippen molar-refractivity contribution >= 4 is 32.2 Å². The maximum Gasteiger partial charge on any atom is 0.213 e. The molecule has 0 saturated carbocycles. The lowest BCUT2D eigenvalue weighted by Crippen LogP contribution is -1.81. The molecule has 0 radical (unpaired) electrons. The molecule has 20 heavy (non-hydrogen) atoms. The number of benzene rings is 1. The van der Waals surface area contributed by atoms with Crippen LogP contribution in [0, 0.1) is 0 Å². The zero-order chi connectivity index (χ0) is 13.5. The molecule has 0 aliphatic heterocycles. The molecule has 0 amide bonds. The summed E-state index contributed by atoms with van der Waals surface area (Å²) in [4.78, 5) is 5.46. The summed E-state index contributed by atoms with van der Waals surface area (Å²) in [5.74, 6) is 0.769. The Hall–Kier alpha value is -1.92. The van der Waals surface area contributed by atoms with Crippen LogP contribution in [-0.4, -0.2) is 14.6 Å². The summed E-state index contributed by atoms with van der Waals surface area (Å²) in [6, 6.07) is 11.8. The number of imidazole rings is 1. The molecule has 0 fully saturated rings. The van der Waals surface area contributed by atoms with Crippen LogP contribution in [0.25, 0.3) is 27.0 Å². The highest BCUT2D eigenvalue weighted by atomic mass is 79.9. The second kappa shape index (κ2) is 4.57. The van der Waals surface area contributed by atoms with Gasteiger partial charge in [-0.2, -0.15) is 5.10 Å². The van der Waals surface area contributed by atoms with Gasteiger partial charge < -0.3 is 4.42 Å². The van der Waals surface area contributed by atoms with E-state index in [0.717, 1.165) is 31.5 Å². The number of hydrogen-bond acceptors (Lipinski definition) is 4. The molecular weight excluding hydrogens is 338 g/mol. The van der Waals surface area contributed by atoms with Crippen molar-refractivity contribution < 1.29 is 4.42 Å². The van der Waals surface area contributed by atoms with Crippen molar-refractivity contribution in [2.45, 2.75) is 0 Å². The van der Waals surface area contributed by atoms with Crippen LogP contribution in [0.3, 0.4) is 0 Å². The van der Waals surface area contributed by atoms with Crippen LogP contribution in [0.2, 0.25) is 0 Å². The van der Waals surface area contributed by atoms with Gasteiger partial charge in [0.2, 0.25) is 4.96 Å². The lowest BCUT2D eigenvalue weighted by molar-refractivity contribution is 0.580. The molecule has 3 aromatic heterocycles. The Bertz CT molecular complexity index is 830. The molecule has 98 valence electrons. The molecule has 0 bridgehead atoms. The Labute approximate surface area is 126 Å². The van der Waals surface area contributed by atoms with E-state index in [1.54, 1.807) is 10.8 Å². The predicted octanol–water partition coefficient (Wildman–Crippen LogP) is 4.48. The normalized spacial score (nSPS) is 11.2. The van der Waals surface area contributed by atoms with Crippen molar-refractivity contribution in [2.24, 2.45) is 0 Å². The second-order valence-corrected chi connectivity index (χ2v) is 6.12. The van der Waals surface area contributed by atoms with E-state index in [1.165, 1.54) is 11.3 Å². The van der Waals surface area contributed by atoms with Crippen LogP contribution >= 0.6 is 27.3 Å². The van der Waals surface area contributed by atoms with E-state index in [0.29, 0.717) is 0 Å². The number of fused-ring (bicyclic) bond motifs is 1. The van der Waals surface area contributed by atoms with E-state index in [4.69, 9.17) is 4.42 Å². The van der Waals surface area contributed by atoms with Crippen molar-refractivity contribution in [3.8, 4) is 22.0 Å². The van der Waals surface area contributed by atoms with Gasteiger partial charge in [-0.25, -0.2) is 9.50 Å². The van der Waals surface area contributed by atoms with Gasteiger partial charge in [-0.15, -0.1) is 0 Å². The van der Waals surface area contributed by atoms with E-state index in [-0.39, 0.29) is 0 Å². The molecule has 4 rings (SSSR count). The summed E-state index contributed by atoms with van der Waals surface area (Å²) in [5.41, 5.74) is 1.99. The maximum absolute atomic E-state index is 5.35. The van der Waals surface area contributed by atoms with Crippen LogP contribution in [0.4, 0.5) is 0 Å². The summed E-state index contributed by atoms with van der Waals surface area (Å²) < 4.78 is 8.20. The van der Waals surface area contributed by atoms with Crippen LogP contribution in [0.1, 0.15) is 0 Å². The van der Waals surface area contributed by atoms with Gasteiger partial charge in [-0.05, 0) is 24.3 Å². The van der Waals surface area contributed by atoms with Crippen LogP contribution in [0.5, 0.6) is 0 Å². The number of furan rings is 1. The van der Waals surface area contributed by atoms with E-state index in [2.05, 4.69) is 26.0 Å². The average molecular weight is 346 g/mol. The smallest absolute Gasteiger partial charge is 0.213 e. The lowest BCUT2D eigenvalue weighted by Gasteiger charge is -1.95. The minimum absolute atomic E-state index is 0.769. The van der Waals surface area contributed by atoms with Gasteiger partial charge in [-0.1, -0.05) is 39.4 Å². The number of hydrogen-bond donors (Lipinski definition) is 0. The SMILES string of the molecule is Brc1ccc(-c2cn3nc(-c4ccco4)sc3n2)cc1. The molecule has 0 N–H and O–H groups in total. The molecule has 4 nitrogen and oxygen atoms in total. The summed E-state index contributed by atoms with van der Waals surface area (Å²) >= 11 is 4.94.